The normalized spacial score (nSPS) is 10.0. The highest BCUT2D eigenvalue weighted by Gasteiger charge is 2.03. The summed E-state index contributed by atoms with van der Waals surface area (Å²) in [6.07, 6.45) is 1.64. The number of nitrogens with zero attached hydrogens (tertiary/aromatic N) is 2. The zero-order valence-corrected chi connectivity index (χ0v) is 7.49. The first kappa shape index (κ1) is 7.53. The van der Waals surface area contributed by atoms with Crippen LogP contribution >= 0.6 is 22.9 Å². The van der Waals surface area contributed by atoms with Gasteiger partial charge in [0.1, 0.15) is 16.1 Å². The number of thiophene rings is 1. The third kappa shape index (κ3) is 1.06. The highest BCUT2D eigenvalue weighted by Crippen LogP contribution is 2.28. The molecule has 0 unspecified atom stereocenters. The van der Waals surface area contributed by atoms with E-state index in [0.29, 0.717) is 10.0 Å². The minimum atomic E-state index is 0.463. The molecule has 0 N–H and O–H groups in total. The van der Waals surface area contributed by atoms with Gasteiger partial charge < -0.3 is 0 Å². The van der Waals surface area contributed by atoms with E-state index in [0.717, 1.165) is 10.1 Å². The fourth-order valence-corrected chi connectivity index (χ4v) is 2.11. The van der Waals surface area contributed by atoms with Crippen LogP contribution in [-0.4, -0.2) is 4.98 Å². The maximum Gasteiger partial charge on any atom is 0.137 e. The molecule has 0 atom stereocenters. The molecule has 0 saturated heterocycles. The first-order valence-electron chi connectivity index (χ1n) is 3.25. The van der Waals surface area contributed by atoms with Gasteiger partial charge in [-0.05, 0) is 12.1 Å². The Labute approximate surface area is 78.0 Å². The zero-order valence-electron chi connectivity index (χ0n) is 5.91. The number of rotatable bonds is 0. The lowest BCUT2D eigenvalue weighted by molar-refractivity contribution is 1.37. The van der Waals surface area contributed by atoms with Crippen molar-refractivity contribution >= 4 is 33.0 Å². The molecule has 0 aliphatic heterocycles. The summed E-state index contributed by atoms with van der Waals surface area (Å²) in [7, 11) is 0. The molecule has 2 nitrogen and oxygen atoms in total. The molecular formula is C8H3ClN2S. The average molecular weight is 195 g/mol. The first-order chi connectivity index (χ1) is 5.81. The predicted molar refractivity (Wildman–Crippen MR) is 49.3 cm³/mol. The lowest BCUT2D eigenvalue weighted by Crippen LogP contribution is -1.71. The Morgan fingerprint density at radius 2 is 2.42 bits per heavy atom. The summed E-state index contributed by atoms with van der Waals surface area (Å²) in [5.41, 5.74) is 0. The fraction of sp³-hybridized carbons (Fsp3) is 0. The van der Waals surface area contributed by atoms with Crippen molar-refractivity contribution in [3.05, 3.63) is 28.4 Å². The van der Waals surface area contributed by atoms with Crippen LogP contribution in [-0.2, 0) is 0 Å². The second kappa shape index (κ2) is 2.74. The minimum Gasteiger partial charge on any atom is -0.244 e. The van der Waals surface area contributed by atoms with Crippen molar-refractivity contribution in [3.8, 4) is 6.07 Å². The maximum atomic E-state index is 8.63. The van der Waals surface area contributed by atoms with E-state index in [1.165, 1.54) is 11.3 Å². The molecular weight excluding hydrogens is 192 g/mol. The number of hydrogen-bond donors (Lipinski definition) is 0. The van der Waals surface area contributed by atoms with Crippen LogP contribution in [0, 0.1) is 11.3 Å². The largest absolute Gasteiger partial charge is 0.244 e. The first-order valence-corrected chi connectivity index (χ1v) is 4.45. The second-order valence-corrected chi connectivity index (χ2v) is 3.68. The summed E-state index contributed by atoms with van der Waals surface area (Å²) >= 11 is 7.24. The molecule has 0 spiro atoms. The number of halogens is 1. The van der Waals surface area contributed by atoms with Crippen LogP contribution in [0.3, 0.4) is 0 Å². The molecule has 2 rings (SSSR count). The van der Waals surface area contributed by atoms with Crippen molar-refractivity contribution in [2.45, 2.75) is 0 Å². The molecule has 4 heteroatoms. The molecule has 0 aliphatic rings. The van der Waals surface area contributed by atoms with Crippen LogP contribution in [0.15, 0.2) is 18.3 Å². The molecule has 58 valence electrons. The van der Waals surface area contributed by atoms with Crippen LogP contribution in [0.1, 0.15) is 4.88 Å². The zero-order chi connectivity index (χ0) is 8.55. The highest BCUT2D eigenvalue weighted by molar-refractivity contribution is 7.19. The van der Waals surface area contributed by atoms with Gasteiger partial charge in [0, 0.05) is 16.3 Å². The molecule has 0 amide bonds. The van der Waals surface area contributed by atoms with Gasteiger partial charge in [-0.1, -0.05) is 11.6 Å². The molecule has 0 bridgehead atoms. The smallest absolute Gasteiger partial charge is 0.137 e. The monoisotopic (exact) mass is 194 g/mol. The standard InChI is InChI=1S/C8H3ClN2S/c9-8-6-3-5(4-10)12-7(6)1-2-11-8/h1-3H. The van der Waals surface area contributed by atoms with E-state index in [1.807, 2.05) is 6.07 Å². The lowest BCUT2D eigenvalue weighted by atomic mass is 10.3. The van der Waals surface area contributed by atoms with Crippen molar-refractivity contribution in [3.63, 3.8) is 0 Å². The summed E-state index contributed by atoms with van der Waals surface area (Å²) in [5, 5.41) is 9.95. The molecule has 0 fully saturated rings. The third-order valence-corrected chi connectivity index (χ3v) is 2.81. The number of fused-ring (bicyclic) bond motifs is 1. The van der Waals surface area contributed by atoms with Crippen molar-refractivity contribution in [2.24, 2.45) is 0 Å². The Morgan fingerprint density at radius 3 is 3.08 bits per heavy atom. The average Bonchev–Trinajstić information content (AvgIpc) is 2.49. The van der Waals surface area contributed by atoms with Gasteiger partial charge in [0.15, 0.2) is 0 Å². The van der Waals surface area contributed by atoms with Crippen molar-refractivity contribution in [2.75, 3.05) is 0 Å². The van der Waals surface area contributed by atoms with Crippen LogP contribution in [0.25, 0.3) is 10.1 Å². The van der Waals surface area contributed by atoms with Gasteiger partial charge in [-0.15, -0.1) is 11.3 Å². The van der Waals surface area contributed by atoms with Crippen molar-refractivity contribution in [1.29, 1.82) is 5.26 Å². The Kier molecular flexibility index (Phi) is 1.72. The second-order valence-electron chi connectivity index (χ2n) is 2.24. The Bertz CT molecular complexity index is 469. The maximum absolute atomic E-state index is 8.63. The Balaban J connectivity index is 2.85. The molecule has 0 saturated carbocycles. The van der Waals surface area contributed by atoms with E-state index in [4.69, 9.17) is 16.9 Å². The number of aromatic nitrogens is 1. The Morgan fingerprint density at radius 1 is 1.58 bits per heavy atom. The Hall–Kier alpha value is -1.11. The molecule has 2 aromatic rings. The lowest BCUT2D eigenvalue weighted by Gasteiger charge is -1.88. The van der Waals surface area contributed by atoms with E-state index >= 15 is 0 Å². The van der Waals surface area contributed by atoms with Crippen LogP contribution in [0.4, 0.5) is 0 Å². The topological polar surface area (TPSA) is 36.7 Å². The van der Waals surface area contributed by atoms with Crippen LogP contribution < -0.4 is 0 Å². The van der Waals surface area contributed by atoms with Crippen molar-refractivity contribution < 1.29 is 0 Å². The SMILES string of the molecule is N#Cc1cc2c(Cl)nccc2s1. The number of pyridine rings is 1. The molecule has 0 aromatic carbocycles. The van der Waals surface area contributed by atoms with Crippen LogP contribution in [0.5, 0.6) is 0 Å². The third-order valence-electron chi connectivity index (χ3n) is 1.51. The van der Waals surface area contributed by atoms with E-state index in [-0.39, 0.29) is 0 Å². The summed E-state index contributed by atoms with van der Waals surface area (Å²) in [5.74, 6) is 0. The summed E-state index contributed by atoms with van der Waals surface area (Å²) in [6, 6.07) is 5.69. The van der Waals surface area contributed by atoms with Gasteiger partial charge in [-0.3, -0.25) is 0 Å². The highest BCUT2D eigenvalue weighted by atomic mass is 35.5. The molecule has 2 aromatic heterocycles. The van der Waals surface area contributed by atoms with E-state index in [2.05, 4.69) is 11.1 Å². The van der Waals surface area contributed by atoms with Gasteiger partial charge in [-0.25, -0.2) is 4.98 Å². The summed E-state index contributed by atoms with van der Waals surface area (Å²) in [4.78, 5) is 4.58. The molecule has 0 radical (unpaired) electrons. The molecule has 0 aliphatic carbocycles. The van der Waals surface area contributed by atoms with E-state index in [1.54, 1.807) is 12.3 Å². The predicted octanol–water partition coefficient (Wildman–Crippen LogP) is 2.82. The summed E-state index contributed by atoms with van der Waals surface area (Å²) < 4.78 is 1.01. The van der Waals surface area contributed by atoms with Gasteiger partial charge in [-0.2, -0.15) is 5.26 Å². The van der Waals surface area contributed by atoms with E-state index in [9.17, 15) is 0 Å². The quantitative estimate of drug-likeness (QED) is 0.605. The molecule has 12 heavy (non-hydrogen) atoms. The number of hydrogen-bond acceptors (Lipinski definition) is 3. The fourth-order valence-electron chi connectivity index (χ4n) is 0.985. The number of nitriles is 1. The van der Waals surface area contributed by atoms with Crippen molar-refractivity contribution in [1.82, 2.24) is 4.98 Å². The summed E-state index contributed by atoms with van der Waals surface area (Å²) in [6.45, 7) is 0. The van der Waals surface area contributed by atoms with Gasteiger partial charge >= 0.3 is 0 Å². The van der Waals surface area contributed by atoms with Gasteiger partial charge in [0.05, 0.1) is 0 Å². The van der Waals surface area contributed by atoms with Crippen LogP contribution in [0.2, 0.25) is 5.15 Å². The van der Waals surface area contributed by atoms with Gasteiger partial charge in [0.2, 0.25) is 0 Å². The minimum absolute atomic E-state index is 0.463. The molecule has 2 heterocycles. The van der Waals surface area contributed by atoms with E-state index < -0.39 is 0 Å². The van der Waals surface area contributed by atoms with Gasteiger partial charge in [0.25, 0.3) is 0 Å².